The monoisotopic (exact) mass is 437 g/mol. The highest BCUT2D eigenvalue weighted by Gasteiger charge is 2.30. The van der Waals surface area contributed by atoms with Crippen LogP contribution in [0.2, 0.25) is 0 Å². The Morgan fingerprint density at radius 1 is 0.968 bits per heavy atom. The van der Waals surface area contributed by atoms with Gasteiger partial charge in [0.05, 0.1) is 17.7 Å². The number of anilines is 1. The van der Waals surface area contributed by atoms with E-state index in [0.717, 1.165) is 15.1 Å². The molecule has 1 amide bonds. The summed E-state index contributed by atoms with van der Waals surface area (Å²) in [6, 6.07) is 16.5. The van der Waals surface area contributed by atoms with Crippen LogP contribution in [0.5, 0.6) is 0 Å². The molecule has 0 saturated carbocycles. The van der Waals surface area contributed by atoms with Crippen LogP contribution in [0.3, 0.4) is 0 Å². The Labute approximate surface area is 178 Å². The number of fused-ring (bicyclic) bond motifs is 2. The lowest BCUT2D eigenvalue weighted by Gasteiger charge is -2.21. The van der Waals surface area contributed by atoms with E-state index >= 15 is 0 Å². The maximum Gasteiger partial charge on any atom is 0.342 e. The second-order valence-electron chi connectivity index (χ2n) is 7.00. The van der Waals surface area contributed by atoms with Gasteiger partial charge >= 0.3 is 5.97 Å². The Bertz CT molecular complexity index is 1450. The fourth-order valence-electron chi connectivity index (χ4n) is 3.61. The van der Waals surface area contributed by atoms with Crippen LogP contribution in [0, 0.1) is 6.92 Å². The fourth-order valence-corrected chi connectivity index (χ4v) is 5.07. The van der Waals surface area contributed by atoms with Crippen molar-refractivity contribution in [3.8, 4) is 0 Å². The Morgan fingerprint density at radius 3 is 2.35 bits per heavy atom. The molecule has 1 heterocycles. The number of carbonyl (C=O) groups is 2. The standard InChI is InChI=1S/C23H19NO6S/c1-14-22(23(26)29-3)20-13-18(9-11-21(20)30-14)24(15(2)25)31(27,28)19-10-8-16-6-4-5-7-17(16)12-19/h4-13H,1-3H3. The lowest BCUT2D eigenvalue weighted by molar-refractivity contribution is -0.115. The average Bonchev–Trinajstić information content (AvgIpc) is 3.07. The summed E-state index contributed by atoms with van der Waals surface area (Å²) in [6.45, 7) is 2.78. The number of amides is 1. The minimum absolute atomic E-state index is 0.0157. The number of carbonyl (C=O) groups excluding carboxylic acids is 2. The molecule has 0 atom stereocenters. The van der Waals surface area contributed by atoms with Gasteiger partial charge in [-0.05, 0) is 48.0 Å². The van der Waals surface area contributed by atoms with Crippen molar-refractivity contribution in [1.29, 1.82) is 0 Å². The Balaban J connectivity index is 1.89. The van der Waals surface area contributed by atoms with Crippen LogP contribution in [-0.2, 0) is 19.6 Å². The van der Waals surface area contributed by atoms with Crippen molar-refractivity contribution in [3.05, 3.63) is 72.0 Å². The van der Waals surface area contributed by atoms with Gasteiger partial charge in [0.15, 0.2) is 0 Å². The lowest BCUT2D eigenvalue weighted by atomic mass is 10.1. The Hall–Kier alpha value is -3.65. The number of esters is 1. The summed E-state index contributed by atoms with van der Waals surface area (Å²) >= 11 is 0. The average molecular weight is 437 g/mol. The van der Waals surface area contributed by atoms with Crippen molar-refractivity contribution in [1.82, 2.24) is 0 Å². The van der Waals surface area contributed by atoms with Crippen LogP contribution < -0.4 is 4.31 Å². The van der Waals surface area contributed by atoms with Crippen LogP contribution in [0.15, 0.2) is 70.0 Å². The number of hydrogen-bond acceptors (Lipinski definition) is 6. The number of rotatable bonds is 4. The zero-order chi connectivity index (χ0) is 22.3. The van der Waals surface area contributed by atoms with Gasteiger partial charge in [0.25, 0.3) is 10.0 Å². The molecule has 0 aliphatic heterocycles. The third kappa shape index (κ3) is 3.44. The number of benzene rings is 3. The van der Waals surface area contributed by atoms with Crippen molar-refractivity contribution in [2.75, 3.05) is 11.4 Å². The largest absolute Gasteiger partial charge is 0.465 e. The highest BCUT2D eigenvalue weighted by molar-refractivity contribution is 7.93. The normalized spacial score (nSPS) is 11.6. The van der Waals surface area contributed by atoms with Gasteiger partial charge < -0.3 is 9.15 Å². The van der Waals surface area contributed by atoms with Gasteiger partial charge in [-0.1, -0.05) is 30.3 Å². The summed E-state index contributed by atoms with van der Waals surface area (Å²) in [5.41, 5.74) is 0.665. The lowest BCUT2D eigenvalue weighted by Crippen LogP contribution is -2.35. The van der Waals surface area contributed by atoms with E-state index < -0.39 is 21.9 Å². The summed E-state index contributed by atoms with van der Waals surface area (Å²) in [4.78, 5) is 24.6. The second kappa shape index (κ2) is 7.55. The first-order valence-electron chi connectivity index (χ1n) is 9.40. The quantitative estimate of drug-likeness (QED) is 0.439. The molecule has 31 heavy (non-hydrogen) atoms. The molecule has 0 radical (unpaired) electrons. The van der Waals surface area contributed by atoms with Gasteiger partial charge in [-0.15, -0.1) is 0 Å². The van der Waals surface area contributed by atoms with Crippen molar-refractivity contribution >= 4 is 49.3 Å². The van der Waals surface area contributed by atoms with Crippen LogP contribution >= 0.6 is 0 Å². The fraction of sp³-hybridized carbons (Fsp3) is 0.130. The van der Waals surface area contributed by atoms with Crippen LogP contribution in [0.1, 0.15) is 23.0 Å². The topological polar surface area (TPSA) is 93.9 Å². The van der Waals surface area contributed by atoms with Crippen molar-refractivity contribution in [2.45, 2.75) is 18.7 Å². The maximum atomic E-state index is 13.4. The van der Waals surface area contributed by atoms with Crippen LogP contribution in [-0.4, -0.2) is 27.4 Å². The predicted molar refractivity (Wildman–Crippen MR) is 117 cm³/mol. The highest BCUT2D eigenvalue weighted by Crippen LogP contribution is 2.33. The van der Waals surface area contributed by atoms with Crippen molar-refractivity contribution in [3.63, 3.8) is 0 Å². The predicted octanol–water partition coefficient (Wildman–Crippen LogP) is 4.42. The molecule has 0 unspecified atom stereocenters. The van der Waals surface area contributed by atoms with Gasteiger partial charge in [-0.3, -0.25) is 4.79 Å². The van der Waals surface area contributed by atoms with E-state index in [1.807, 2.05) is 18.2 Å². The third-order valence-electron chi connectivity index (χ3n) is 5.02. The summed E-state index contributed by atoms with van der Waals surface area (Å²) in [5.74, 6) is -0.960. The first-order valence-corrected chi connectivity index (χ1v) is 10.8. The molecule has 0 fully saturated rings. The van der Waals surface area contributed by atoms with Crippen molar-refractivity contribution in [2.24, 2.45) is 0 Å². The summed E-state index contributed by atoms with van der Waals surface area (Å²) < 4.78 is 38.0. The molecule has 1 aromatic heterocycles. The minimum atomic E-state index is -4.21. The van der Waals surface area contributed by atoms with Gasteiger partial charge in [-0.2, -0.15) is 0 Å². The van der Waals surface area contributed by atoms with E-state index in [2.05, 4.69) is 0 Å². The van der Waals surface area contributed by atoms with E-state index in [4.69, 9.17) is 9.15 Å². The third-order valence-corrected chi connectivity index (χ3v) is 6.82. The number of ether oxygens (including phenoxy) is 1. The highest BCUT2D eigenvalue weighted by atomic mass is 32.2. The molecule has 0 bridgehead atoms. The summed E-state index contributed by atoms with van der Waals surface area (Å²) in [6.07, 6.45) is 0. The molecule has 0 aliphatic carbocycles. The van der Waals surface area contributed by atoms with E-state index in [1.54, 1.807) is 19.1 Å². The van der Waals surface area contributed by atoms with E-state index in [-0.39, 0.29) is 16.1 Å². The number of methoxy groups -OCH3 is 1. The number of aryl methyl sites for hydroxylation is 1. The summed E-state index contributed by atoms with van der Waals surface area (Å²) in [5, 5.41) is 1.98. The second-order valence-corrected chi connectivity index (χ2v) is 8.79. The van der Waals surface area contributed by atoms with E-state index in [0.29, 0.717) is 16.7 Å². The molecule has 7 nitrogen and oxygen atoms in total. The molecule has 3 aromatic carbocycles. The zero-order valence-electron chi connectivity index (χ0n) is 17.1. The molecule has 0 saturated heterocycles. The molecule has 0 spiro atoms. The van der Waals surface area contributed by atoms with Gasteiger partial charge in [0, 0.05) is 12.3 Å². The molecule has 158 valence electrons. The number of hydrogen-bond donors (Lipinski definition) is 0. The summed E-state index contributed by atoms with van der Waals surface area (Å²) in [7, 11) is -2.96. The maximum absolute atomic E-state index is 13.4. The molecule has 4 rings (SSSR count). The SMILES string of the molecule is COC(=O)c1c(C)oc2ccc(N(C(C)=O)S(=O)(=O)c3ccc4ccccc4c3)cc12. The van der Waals surface area contributed by atoms with Crippen molar-refractivity contribution < 1.29 is 27.2 Å². The van der Waals surface area contributed by atoms with Gasteiger partial charge in [0.1, 0.15) is 16.9 Å². The van der Waals surface area contributed by atoms with E-state index in [1.165, 1.54) is 44.4 Å². The first-order chi connectivity index (χ1) is 14.7. The smallest absolute Gasteiger partial charge is 0.342 e. The molecule has 0 aliphatic rings. The minimum Gasteiger partial charge on any atom is -0.465 e. The van der Waals surface area contributed by atoms with E-state index in [9.17, 15) is 18.0 Å². The molecular formula is C23H19NO6S. The van der Waals surface area contributed by atoms with Gasteiger partial charge in [0.2, 0.25) is 5.91 Å². The van der Waals surface area contributed by atoms with Gasteiger partial charge in [-0.25, -0.2) is 17.5 Å². The molecule has 4 aromatic rings. The van der Waals surface area contributed by atoms with Crippen LogP contribution in [0.25, 0.3) is 21.7 Å². The zero-order valence-corrected chi connectivity index (χ0v) is 17.9. The Kier molecular flexibility index (Phi) is 5.02. The number of furan rings is 1. The Morgan fingerprint density at radius 2 is 1.68 bits per heavy atom. The molecule has 0 N–H and O–H groups in total. The van der Waals surface area contributed by atoms with Crippen LogP contribution in [0.4, 0.5) is 5.69 Å². The number of sulfonamides is 1. The number of nitrogens with zero attached hydrogens (tertiary/aromatic N) is 1. The molecule has 8 heteroatoms. The molecular weight excluding hydrogens is 418 g/mol. The first kappa shape index (κ1) is 20.6.